The van der Waals surface area contributed by atoms with Gasteiger partial charge in [-0.3, -0.25) is 0 Å². The molecule has 3 N–H and O–H groups in total. The highest BCUT2D eigenvalue weighted by atomic mass is 32.1. The Bertz CT molecular complexity index is 451. The number of carboxylic acid groups (broad SMARTS) is 1. The Morgan fingerprint density at radius 2 is 2.47 bits per heavy atom. The lowest BCUT2D eigenvalue weighted by Gasteiger charge is -1.97. The lowest BCUT2D eigenvalue weighted by atomic mass is 10.5. The molecule has 2 rings (SSSR count). The number of thiazole rings is 1. The fourth-order valence-electron chi connectivity index (χ4n) is 1.01. The lowest BCUT2D eigenvalue weighted by molar-refractivity contribution is 0.0702. The zero-order chi connectivity index (χ0) is 10.7. The molecule has 2 aromatic heterocycles. The van der Waals surface area contributed by atoms with E-state index in [1.54, 1.807) is 12.5 Å². The number of imidazole rings is 1. The van der Waals surface area contributed by atoms with Crippen LogP contribution in [0.15, 0.2) is 18.7 Å². The molecule has 0 aromatic carbocycles. The van der Waals surface area contributed by atoms with E-state index in [0.29, 0.717) is 11.7 Å². The van der Waals surface area contributed by atoms with Crippen LogP contribution in [-0.4, -0.2) is 26.0 Å². The summed E-state index contributed by atoms with van der Waals surface area (Å²) < 4.78 is 0. The molecule has 0 saturated heterocycles. The standard InChI is InChI=1S/C8H8N4O2S/c13-7(14)6-3-11-8(15-6)10-2-5-1-9-4-12-5/h1,3-4H,2H2,(H,9,12)(H,10,11)(H,13,14). The summed E-state index contributed by atoms with van der Waals surface area (Å²) in [5, 5.41) is 12.3. The van der Waals surface area contributed by atoms with Crippen molar-refractivity contribution in [2.75, 3.05) is 5.32 Å². The number of aromatic amines is 1. The number of aromatic carboxylic acids is 1. The summed E-state index contributed by atoms with van der Waals surface area (Å²) in [7, 11) is 0. The Morgan fingerprint density at radius 1 is 1.60 bits per heavy atom. The van der Waals surface area contributed by atoms with Crippen LogP contribution in [0.3, 0.4) is 0 Å². The van der Waals surface area contributed by atoms with E-state index in [1.165, 1.54) is 6.20 Å². The molecule has 0 spiro atoms. The Hall–Kier alpha value is -1.89. The zero-order valence-electron chi connectivity index (χ0n) is 7.60. The summed E-state index contributed by atoms with van der Waals surface area (Å²) in [6.45, 7) is 0.548. The van der Waals surface area contributed by atoms with Crippen molar-refractivity contribution in [1.82, 2.24) is 15.0 Å². The van der Waals surface area contributed by atoms with Crippen LogP contribution in [0.5, 0.6) is 0 Å². The van der Waals surface area contributed by atoms with E-state index in [1.807, 2.05) is 0 Å². The minimum absolute atomic E-state index is 0.224. The Balaban J connectivity index is 1.96. The monoisotopic (exact) mass is 224 g/mol. The Labute approximate surface area is 89.0 Å². The highest BCUT2D eigenvalue weighted by molar-refractivity contribution is 7.17. The van der Waals surface area contributed by atoms with Gasteiger partial charge in [-0.2, -0.15) is 0 Å². The largest absolute Gasteiger partial charge is 0.477 e. The topological polar surface area (TPSA) is 90.9 Å². The number of nitrogens with one attached hydrogen (secondary N) is 2. The summed E-state index contributed by atoms with van der Waals surface area (Å²) >= 11 is 1.11. The maximum atomic E-state index is 10.6. The maximum absolute atomic E-state index is 10.6. The van der Waals surface area contributed by atoms with E-state index in [9.17, 15) is 4.79 Å². The van der Waals surface area contributed by atoms with Gasteiger partial charge in [-0.15, -0.1) is 0 Å². The van der Waals surface area contributed by atoms with Crippen molar-refractivity contribution in [3.05, 3.63) is 29.3 Å². The van der Waals surface area contributed by atoms with Crippen LogP contribution in [0.1, 0.15) is 15.4 Å². The van der Waals surface area contributed by atoms with Crippen molar-refractivity contribution in [2.45, 2.75) is 6.54 Å². The van der Waals surface area contributed by atoms with Gasteiger partial charge in [0.15, 0.2) is 5.13 Å². The van der Waals surface area contributed by atoms with Crippen LogP contribution < -0.4 is 5.32 Å². The van der Waals surface area contributed by atoms with Crippen molar-refractivity contribution in [1.29, 1.82) is 0 Å². The molecule has 0 saturated carbocycles. The first-order chi connectivity index (χ1) is 7.25. The van der Waals surface area contributed by atoms with Crippen LogP contribution in [0.2, 0.25) is 0 Å². The van der Waals surface area contributed by atoms with Gasteiger partial charge in [0.1, 0.15) is 4.88 Å². The minimum atomic E-state index is -0.956. The molecule has 15 heavy (non-hydrogen) atoms. The van der Waals surface area contributed by atoms with E-state index in [2.05, 4.69) is 20.3 Å². The fraction of sp³-hybridized carbons (Fsp3) is 0.125. The van der Waals surface area contributed by atoms with E-state index in [-0.39, 0.29) is 4.88 Å². The molecule has 7 heteroatoms. The van der Waals surface area contributed by atoms with Crippen molar-refractivity contribution in [3.8, 4) is 0 Å². The van der Waals surface area contributed by atoms with Gasteiger partial charge >= 0.3 is 5.97 Å². The Kier molecular flexibility index (Phi) is 2.64. The highest BCUT2D eigenvalue weighted by Crippen LogP contribution is 2.18. The molecule has 0 bridgehead atoms. The third kappa shape index (κ3) is 2.32. The molecular weight excluding hydrogens is 216 g/mol. The van der Waals surface area contributed by atoms with Crippen LogP contribution in [-0.2, 0) is 6.54 Å². The molecule has 6 nitrogen and oxygen atoms in total. The van der Waals surface area contributed by atoms with Crippen molar-refractivity contribution >= 4 is 22.4 Å². The molecule has 0 unspecified atom stereocenters. The summed E-state index contributed by atoms with van der Waals surface area (Å²) in [6, 6.07) is 0. The molecule has 0 aliphatic rings. The first-order valence-corrected chi connectivity index (χ1v) is 4.97. The number of aromatic nitrogens is 3. The van der Waals surface area contributed by atoms with Gasteiger partial charge in [0.2, 0.25) is 0 Å². The number of carboxylic acids is 1. The molecule has 0 amide bonds. The van der Waals surface area contributed by atoms with Gasteiger partial charge in [-0.25, -0.2) is 14.8 Å². The molecule has 0 radical (unpaired) electrons. The number of carbonyl (C=O) groups is 1. The number of hydrogen-bond donors (Lipinski definition) is 3. The molecule has 2 aromatic rings. The van der Waals surface area contributed by atoms with Gasteiger partial charge in [0.05, 0.1) is 24.8 Å². The highest BCUT2D eigenvalue weighted by Gasteiger charge is 2.07. The molecular formula is C8H8N4O2S. The van der Waals surface area contributed by atoms with E-state index in [0.717, 1.165) is 17.0 Å². The second-order valence-electron chi connectivity index (χ2n) is 2.77. The van der Waals surface area contributed by atoms with Gasteiger partial charge in [0.25, 0.3) is 0 Å². The maximum Gasteiger partial charge on any atom is 0.347 e. The van der Waals surface area contributed by atoms with E-state index >= 15 is 0 Å². The van der Waals surface area contributed by atoms with E-state index < -0.39 is 5.97 Å². The first-order valence-electron chi connectivity index (χ1n) is 4.16. The summed E-state index contributed by atoms with van der Waals surface area (Å²) in [4.78, 5) is 21.5. The summed E-state index contributed by atoms with van der Waals surface area (Å²) in [5.41, 5.74) is 0.919. The zero-order valence-corrected chi connectivity index (χ0v) is 8.41. The van der Waals surface area contributed by atoms with Gasteiger partial charge < -0.3 is 15.4 Å². The molecule has 78 valence electrons. The van der Waals surface area contributed by atoms with Crippen molar-refractivity contribution in [2.24, 2.45) is 0 Å². The second-order valence-corrected chi connectivity index (χ2v) is 3.80. The third-order valence-electron chi connectivity index (χ3n) is 1.70. The number of hydrogen-bond acceptors (Lipinski definition) is 5. The van der Waals surface area contributed by atoms with Crippen molar-refractivity contribution in [3.63, 3.8) is 0 Å². The Morgan fingerprint density at radius 3 is 3.07 bits per heavy atom. The second kappa shape index (κ2) is 4.09. The molecule has 0 atom stereocenters. The SMILES string of the molecule is O=C(O)c1cnc(NCc2cnc[nH]2)s1. The number of anilines is 1. The average Bonchev–Trinajstić information content (AvgIpc) is 2.86. The fourth-order valence-corrected chi connectivity index (χ4v) is 1.66. The lowest BCUT2D eigenvalue weighted by Crippen LogP contribution is -1.98. The molecule has 2 heterocycles. The first kappa shape index (κ1) is 9.66. The van der Waals surface area contributed by atoms with Gasteiger partial charge in [0, 0.05) is 6.20 Å². The van der Waals surface area contributed by atoms with Crippen LogP contribution >= 0.6 is 11.3 Å². The normalized spacial score (nSPS) is 10.1. The average molecular weight is 224 g/mol. The predicted octanol–water partition coefficient (Wildman–Crippen LogP) is 1.18. The minimum Gasteiger partial charge on any atom is -0.477 e. The van der Waals surface area contributed by atoms with Gasteiger partial charge in [-0.05, 0) is 0 Å². The molecule has 0 aliphatic heterocycles. The number of H-pyrrole nitrogens is 1. The van der Waals surface area contributed by atoms with Gasteiger partial charge in [-0.1, -0.05) is 11.3 Å². The van der Waals surface area contributed by atoms with E-state index in [4.69, 9.17) is 5.11 Å². The number of rotatable bonds is 4. The number of nitrogens with zero attached hydrogens (tertiary/aromatic N) is 2. The third-order valence-corrected chi connectivity index (χ3v) is 2.64. The van der Waals surface area contributed by atoms with Crippen LogP contribution in [0.25, 0.3) is 0 Å². The summed E-state index contributed by atoms with van der Waals surface area (Å²) in [5.74, 6) is -0.956. The molecule has 0 aliphatic carbocycles. The quantitative estimate of drug-likeness (QED) is 0.725. The predicted molar refractivity (Wildman–Crippen MR) is 55.0 cm³/mol. The van der Waals surface area contributed by atoms with Crippen LogP contribution in [0.4, 0.5) is 5.13 Å². The summed E-state index contributed by atoms with van der Waals surface area (Å²) in [6.07, 6.45) is 4.61. The smallest absolute Gasteiger partial charge is 0.347 e. The van der Waals surface area contributed by atoms with Crippen molar-refractivity contribution < 1.29 is 9.90 Å². The van der Waals surface area contributed by atoms with Crippen LogP contribution in [0, 0.1) is 0 Å². The molecule has 0 fully saturated rings.